The van der Waals surface area contributed by atoms with E-state index in [1.807, 2.05) is 38.1 Å². The molecule has 1 saturated heterocycles. The molecule has 3 rings (SSSR count). The minimum absolute atomic E-state index is 0.0373. The first-order valence-electron chi connectivity index (χ1n) is 10.8. The number of methoxy groups -OCH3 is 1. The molecule has 8 heteroatoms. The maximum Gasteiger partial charge on any atom is 0.295 e. The van der Waals surface area contributed by atoms with Gasteiger partial charge in [-0.3, -0.25) is 9.59 Å². The van der Waals surface area contributed by atoms with Crippen LogP contribution in [0.2, 0.25) is 5.02 Å². The molecule has 0 saturated carbocycles. The summed E-state index contributed by atoms with van der Waals surface area (Å²) in [5.41, 5.74) is 1.09. The molecule has 0 aromatic heterocycles. The van der Waals surface area contributed by atoms with Gasteiger partial charge >= 0.3 is 0 Å². The zero-order valence-electron chi connectivity index (χ0n) is 19.3. The fourth-order valence-corrected chi connectivity index (χ4v) is 4.15. The largest absolute Gasteiger partial charge is 0.507 e. The third kappa shape index (κ3) is 5.31. The van der Waals surface area contributed by atoms with Gasteiger partial charge in [0.05, 0.1) is 30.4 Å². The zero-order chi connectivity index (χ0) is 24.1. The number of halogens is 1. The van der Waals surface area contributed by atoms with E-state index in [1.54, 1.807) is 24.3 Å². The lowest BCUT2D eigenvalue weighted by Gasteiger charge is -2.26. The third-order valence-electron chi connectivity index (χ3n) is 5.48. The number of ether oxygens (including phenoxy) is 2. The Kier molecular flexibility index (Phi) is 8.00. The topological polar surface area (TPSA) is 79.3 Å². The van der Waals surface area contributed by atoms with E-state index >= 15 is 0 Å². The van der Waals surface area contributed by atoms with Gasteiger partial charge in [-0.15, -0.1) is 0 Å². The molecule has 0 bridgehead atoms. The maximum absolute atomic E-state index is 13.1. The highest BCUT2D eigenvalue weighted by molar-refractivity contribution is 6.46. The van der Waals surface area contributed by atoms with Gasteiger partial charge in [-0.2, -0.15) is 0 Å². The number of rotatable bonds is 9. The number of aliphatic hydroxyl groups is 1. The van der Waals surface area contributed by atoms with Crippen LogP contribution in [0.15, 0.2) is 48.0 Å². The van der Waals surface area contributed by atoms with Gasteiger partial charge in [0.25, 0.3) is 11.7 Å². The SMILES string of the molecule is CCOc1ccc([C@@H]2C(=C(O)c3ccc(OC)c(Cl)c3)C(=O)C(=O)N2CCCN(C)C)cc1. The van der Waals surface area contributed by atoms with Gasteiger partial charge in [-0.25, -0.2) is 0 Å². The average Bonchev–Trinajstić information content (AvgIpc) is 3.04. The van der Waals surface area contributed by atoms with Crippen molar-refractivity contribution in [2.45, 2.75) is 19.4 Å². The predicted molar refractivity (Wildman–Crippen MR) is 128 cm³/mol. The van der Waals surface area contributed by atoms with E-state index in [1.165, 1.54) is 18.1 Å². The molecule has 2 aromatic carbocycles. The van der Waals surface area contributed by atoms with Crippen molar-refractivity contribution < 1.29 is 24.2 Å². The lowest BCUT2D eigenvalue weighted by atomic mass is 9.95. The second-order valence-corrected chi connectivity index (χ2v) is 8.41. The number of hydrogen-bond donors (Lipinski definition) is 1. The van der Waals surface area contributed by atoms with Crippen molar-refractivity contribution in [3.05, 3.63) is 64.2 Å². The van der Waals surface area contributed by atoms with Crippen molar-refractivity contribution in [3.8, 4) is 11.5 Å². The van der Waals surface area contributed by atoms with E-state index in [9.17, 15) is 14.7 Å². The highest BCUT2D eigenvalue weighted by Gasteiger charge is 2.45. The number of carbonyl (C=O) groups excluding carboxylic acids is 2. The van der Waals surface area contributed by atoms with E-state index in [4.69, 9.17) is 21.1 Å². The summed E-state index contributed by atoms with van der Waals surface area (Å²) >= 11 is 6.23. The van der Waals surface area contributed by atoms with E-state index in [0.29, 0.717) is 47.2 Å². The summed E-state index contributed by atoms with van der Waals surface area (Å²) in [5.74, 6) is -0.489. The molecule has 1 atom stereocenters. The second-order valence-electron chi connectivity index (χ2n) is 8.00. The molecule has 7 nitrogen and oxygen atoms in total. The van der Waals surface area contributed by atoms with Gasteiger partial charge in [0.1, 0.15) is 17.3 Å². The first kappa shape index (κ1) is 24.6. The molecule has 0 unspecified atom stereocenters. The number of ketones is 1. The molecule has 0 spiro atoms. The fraction of sp³-hybridized carbons (Fsp3) is 0.360. The monoisotopic (exact) mass is 472 g/mol. The fourth-order valence-electron chi connectivity index (χ4n) is 3.90. The van der Waals surface area contributed by atoms with Crippen LogP contribution in [-0.2, 0) is 9.59 Å². The molecule has 1 aliphatic heterocycles. The number of carbonyl (C=O) groups is 2. The normalized spacial score (nSPS) is 17.6. The predicted octanol–water partition coefficient (Wildman–Crippen LogP) is 4.12. The van der Waals surface area contributed by atoms with Crippen LogP contribution >= 0.6 is 11.6 Å². The molecule has 1 heterocycles. The first-order chi connectivity index (χ1) is 15.8. The standard InChI is InChI=1S/C25H29ClN2O5/c1-5-33-18-10-7-16(8-11-18)22-21(23(29)17-9-12-20(32-4)19(26)15-17)24(30)25(31)28(22)14-6-13-27(2)3/h7-12,15,22,29H,5-6,13-14H2,1-4H3/t22-/m1/s1. The van der Waals surface area contributed by atoms with E-state index in [2.05, 4.69) is 0 Å². The molecule has 1 aliphatic rings. The van der Waals surface area contributed by atoms with E-state index in [-0.39, 0.29) is 11.3 Å². The van der Waals surface area contributed by atoms with Crippen molar-refractivity contribution in [1.82, 2.24) is 9.80 Å². The first-order valence-corrected chi connectivity index (χ1v) is 11.2. The quantitative estimate of drug-likeness (QED) is 0.336. The molecule has 0 radical (unpaired) electrons. The second kappa shape index (κ2) is 10.7. The van der Waals surface area contributed by atoms with Crippen LogP contribution in [0.25, 0.3) is 5.76 Å². The van der Waals surface area contributed by atoms with E-state index in [0.717, 1.165) is 6.54 Å². The van der Waals surface area contributed by atoms with Crippen LogP contribution in [0.3, 0.4) is 0 Å². The molecule has 1 fully saturated rings. The zero-order valence-corrected chi connectivity index (χ0v) is 20.1. The molecule has 176 valence electrons. The van der Waals surface area contributed by atoms with Crippen molar-refractivity contribution in [2.75, 3.05) is 40.9 Å². The number of amides is 1. The maximum atomic E-state index is 13.1. The summed E-state index contributed by atoms with van der Waals surface area (Å²) in [4.78, 5) is 29.6. The van der Waals surface area contributed by atoms with Gasteiger partial charge in [-0.1, -0.05) is 23.7 Å². The van der Waals surface area contributed by atoms with Gasteiger partial charge in [0.2, 0.25) is 0 Å². The summed E-state index contributed by atoms with van der Waals surface area (Å²) in [6.07, 6.45) is 0.682. The Hall–Kier alpha value is -3.03. The Balaban J connectivity index is 2.08. The Morgan fingerprint density at radius 1 is 1.15 bits per heavy atom. The molecular weight excluding hydrogens is 444 g/mol. The smallest absolute Gasteiger partial charge is 0.295 e. The highest BCUT2D eigenvalue weighted by Crippen LogP contribution is 2.40. The minimum atomic E-state index is -0.719. The number of hydrogen-bond acceptors (Lipinski definition) is 6. The Bertz CT molecular complexity index is 1050. The molecular formula is C25H29ClN2O5. The van der Waals surface area contributed by atoms with Crippen LogP contribution in [0.4, 0.5) is 0 Å². The lowest BCUT2D eigenvalue weighted by molar-refractivity contribution is -0.139. The molecule has 2 aromatic rings. The number of benzene rings is 2. The number of likely N-dealkylation sites (tertiary alicyclic amines) is 1. The molecule has 33 heavy (non-hydrogen) atoms. The molecule has 0 aliphatic carbocycles. The number of Topliss-reactive ketones (excluding diaryl/α,β-unsaturated/α-hetero) is 1. The van der Waals surface area contributed by atoms with Gasteiger partial charge in [0, 0.05) is 12.1 Å². The van der Waals surface area contributed by atoms with Crippen LogP contribution < -0.4 is 9.47 Å². The Labute approximate surface area is 199 Å². The summed E-state index contributed by atoms with van der Waals surface area (Å²) in [6.45, 7) is 3.56. The van der Waals surface area contributed by atoms with Crippen LogP contribution in [0, 0.1) is 0 Å². The van der Waals surface area contributed by atoms with Crippen molar-refractivity contribution in [2.24, 2.45) is 0 Å². The van der Waals surface area contributed by atoms with Crippen molar-refractivity contribution >= 4 is 29.1 Å². The van der Waals surface area contributed by atoms with Crippen LogP contribution in [-0.4, -0.2) is 67.5 Å². The highest BCUT2D eigenvalue weighted by atomic mass is 35.5. The number of nitrogens with zero attached hydrogens (tertiary/aromatic N) is 2. The van der Waals surface area contributed by atoms with Gasteiger partial charge < -0.3 is 24.4 Å². The summed E-state index contributed by atoms with van der Waals surface area (Å²) < 4.78 is 10.7. The van der Waals surface area contributed by atoms with Crippen LogP contribution in [0.1, 0.15) is 30.5 Å². The van der Waals surface area contributed by atoms with Gasteiger partial charge in [-0.05, 0) is 69.9 Å². The molecule has 1 N–H and O–H groups in total. The lowest BCUT2D eigenvalue weighted by Crippen LogP contribution is -2.32. The van der Waals surface area contributed by atoms with Gasteiger partial charge in [0.15, 0.2) is 0 Å². The third-order valence-corrected chi connectivity index (χ3v) is 5.77. The summed E-state index contributed by atoms with van der Waals surface area (Å²) in [7, 11) is 5.39. The van der Waals surface area contributed by atoms with E-state index < -0.39 is 17.7 Å². The molecule has 1 amide bonds. The number of aliphatic hydroxyl groups excluding tert-OH is 1. The Morgan fingerprint density at radius 3 is 2.42 bits per heavy atom. The van der Waals surface area contributed by atoms with Crippen LogP contribution in [0.5, 0.6) is 11.5 Å². The van der Waals surface area contributed by atoms with Crippen molar-refractivity contribution in [3.63, 3.8) is 0 Å². The Morgan fingerprint density at radius 2 is 1.85 bits per heavy atom. The minimum Gasteiger partial charge on any atom is -0.507 e. The van der Waals surface area contributed by atoms with Crippen molar-refractivity contribution in [1.29, 1.82) is 0 Å². The summed E-state index contributed by atoms with van der Waals surface area (Å²) in [5, 5.41) is 11.4. The average molecular weight is 473 g/mol. The summed E-state index contributed by atoms with van der Waals surface area (Å²) in [6, 6.07) is 11.2.